The molecule has 3 amide bonds. The maximum atomic E-state index is 12.9. The first-order valence-electron chi connectivity index (χ1n) is 10.0. The van der Waals surface area contributed by atoms with E-state index in [0.717, 1.165) is 25.7 Å². The van der Waals surface area contributed by atoms with Crippen molar-refractivity contribution >= 4 is 29.5 Å². The van der Waals surface area contributed by atoms with Crippen molar-refractivity contribution in [3.05, 3.63) is 30.1 Å². The number of nitrogens with zero attached hydrogens (tertiary/aromatic N) is 1. The fraction of sp³-hybridized carbons (Fsp3) is 0.571. The monoisotopic (exact) mass is 422 g/mol. The van der Waals surface area contributed by atoms with Crippen LogP contribution in [-0.2, 0) is 14.4 Å². The van der Waals surface area contributed by atoms with Gasteiger partial charge in [0, 0.05) is 0 Å². The van der Waals surface area contributed by atoms with Gasteiger partial charge in [-0.1, -0.05) is 12.8 Å². The summed E-state index contributed by atoms with van der Waals surface area (Å²) in [6.07, 6.45) is 5.73. The molecule has 1 aromatic rings. The summed E-state index contributed by atoms with van der Waals surface area (Å²) in [6.45, 7) is 0.439. The van der Waals surface area contributed by atoms with Gasteiger partial charge in [0.1, 0.15) is 24.2 Å². The molecule has 158 valence electrons. The minimum Gasteiger partial charge on any atom is -0.492 e. The van der Waals surface area contributed by atoms with Gasteiger partial charge < -0.3 is 10.1 Å². The molecule has 1 saturated carbocycles. The minimum atomic E-state index is -0.779. The fourth-order valence-electron chi connectivity index (χ4n) is 4.09. The van der Waals surface area contributed by atoms with E-state index < -0.39 is 6.04 Å². The molecule has 0 spiro atoms. The van der Waals surface area contributed by atoms with Gasteiger partial charge in [0.15, 0.2) is 0 Å². The zero-order valence-electron chi connectivity index (χ0n) is 16.6. The van der Waals surface area contributed by atoms with Crippen LogP contribution in [0.15, 0.2) is 24.3 Å². The number of thioether (sulfide) groups is 1. The first kappa shape index (κ1) is 21.6. The Balaban J connectivity index is 1.58. The molecule has 1 aliphatic heterocycles. The fourth-order valence-corrected chi connectivity index (χ4v) is 4.55. The molecular weight excluding hydrogens is 395 g/mol. The number of hydrogen-bond acceptors (Lipinski definition) is 5. The lowest BCUT2D eigenvalue weighted by Crippen LogP contribution is -2.51. The zero-order valence-corrected chi connectivity index (χ0v) is 17.4. The van der Waals surface area contributed by atoms with Crippen molar-refractivity contribution in [2.24, 2.45) is 11.8 Å². The average molecular weight is 423 g/mol. The number of rotatable bonds is 9. The smallest absolute Gasteiger partial charge is 0.243 e. The Labute approximate surface area is 174 Å². The summed E-state index contributed by atoms with van der Waals surface area (Å²) >= 11 is 1.58. The third-order valence-electron chi connectivity index (χ3n) is 5.57. The number of fused-ring (bicyclic) bond motifs is 1. The molecule has 3 unspecified atom stereocenters. The van der Waals surface area contributed by atoms with E-state index in [1.807, 2.05) is 6.26 Å². The Morgan fingerprint density at radius 1 is 1.21 bits per heavy atom. The van der Waals surface area contributed by atoms with E-state index in [1.165, 1.54) is 29.2 Å². The summed E-state index contributed by atoms with van der Waals surface area (Å²) in [5.74, 6) is -0.396. The average Bonchev–Trinajstić information content (AvgIpc) is 2.98. The second-order valence-electron chi connectivity index (χ2n) is 7.43. The van der Waals surface area contributed by atoms with Crippen LogP contribution in [0, 0.1) is 17.7 Å². The Bertz CT molecular complexity index is 719. The maximum absolute atomic E-state index is 12.9. The second kappa shape index (κ2) is 10.1. The van der Waals surface area contributed by atoms with E-state index in [-0.39, 0.29) is 48.5 Å². The molecule has 3 atom stereocenters. The van der Waals surface area contributed by atoms with Gasteiger partial charge in [-0.3, -0.25) is 19.3 Å². The molecule has 0 bridgehead atoms. The normalized spacial score (nSPS) is 22.3. The van der Waals surface area contributed by atoms with Crippen LogP contribution >= 0.6 is 11.8 Å². The molecule has 3 rings (SSSR count). The van der Waals surface area contributed by atoms with E-state index >= 15 is 0 Å². The summed E-state index contributed by atoms with van der Waals surface area (Å²) in [6, 6.07) is 4.86. The Morgan fingerprint density at radius 3 is 2.41 bits per heavy atom. The highest BCUT2D eigenvalue weighted by molar-refractivity contribution is 7.98. The highest BCUT2D eigenvalue weighted by Crippen LogP contribution is 2.39. The standard InChI is InChI=1S/C21H27FN2O4S/c1-29-13-10-18(24-20(26)16-4-2-3-5-17(16)21(24)27)19(25)23-11-12-28-15-8-6-14(22)7-9-15/h6-9,16-18H,2-5,10-13H2,1H3,(H,23,25). The number of imide groups is 1. The van der Waals surface area contributed by atoms with Gasteiger partial charge in [-0.15, -0.1) is 0 Å². The van der Waals surface area contributed by atoms with E-state index in [1.54, 1.807) is 11.8 Å². The number of nitrogens with one attached hydrogen (secondary N) is 1. The molecule has 2 aliphatic rings. The van der Waals surface area contributed by atoms with Crippen molar-refractivity contribution in [3.8, 4) is 5.75 Å². The van der Waals surface area contributed by atoms with Gasteiger partial charge >= 0.3 is 0 Å². The summed E-state index contributed by atoms with van der Waals surface area (Å²) < 4.78 is 18.4. The van der Waals surface area contributed by atoms with E-state index in [9.17, 15) is 18.8 Å². The largest absolute Gasteiger partial charge is 0.492 e. The third-order valence-corrected chi connectivity index (χ3v) is 6.21. The van der Waals surface area contributed by atoms with Gasteiger partial charge in [-0.25, -0.2) is 4.39 Å². The van der Waals surface area contributed by atoms with E-state index in [0.29, 0.717) is 17.9 Å². The molecule has 2 fully saturated rings. The zero-order chi connectivity index (χ0) is 20.8. The molecule has 1 N–H and O–H groups in total. The number of amides is 3. The number of carbonyl (C=O) groups is 3. The van der Waals surface area contributed by atoms with Crippen LogP contribution in [-0.4, -0.2) is 53.8 Å². The van der Waals surface area contributed by atoms with Crippen molar-refractivity contribution < 1.29 is 23.5 Å². The predicted molar refractivity (Wildman–Crippen MR) is 109 cm³/mol. The lowest BCUT2D eigenvalue weighted by molar-refractivity contribution is -0.148. The molecule has 1 aliphatic carbocycles. The number of halogens is 1. The predicted octanol–water partition coefficient (Wildman–Crippen LogP) is 2.62. The molecule has 1 aromatic carbocycles. The van der Waals surface area contributed by atoms with Crippen molar-refractivity contribution in [2.45, 2.75) is 38.1 Å². The molecule has 29 heavy (non-hydrogen) atoms. The number of likely N-dealkylation sites (tertiary alicyclic amines) is 1. The summed E-state index contributed by atoms with van der Waals surface area (Å²) in [4.78, 5) is 39.8. The molecule has 8 heteroatoms. The van der Waals surface area contributed by atoms with Crippen LogP contribution in [0.25, 0.3) is 0 Å². The van der Waals surface area contributed by atoms with Crippen LogP contribution in [0.1, 0.15) is 32.1 Å². The first-order valence-corrected chi connectivity index (χ1v) is 11.4. The summed E-state index contributed by atoms with van der Waals surface area (Å²) in [7, 11) is 0. The van der Waals surface area contributed by atoms with Crippen LogP contribution in [0.2, 0.25) is 0 Å². The maximum Gasteiger partial charge on any atom is 0.243 e. The van der Waals surface area contributed by atoms with Crippen LogP contribution in [0.3, 0.4) is 0 Å². The van der Waals surface area contributed by atoms with Crippen molar-refractivity contribution in [3.63, 3.8) is 0 Å². The number of carbonyl (C=O) groups excluding carboxylic acids is 3. The first-order chi connectivity index (χ1) is 14.0. The van der Waals surface area contributed by atoms with Gasteiger partial charge in [0.05, 0.1) is 18.4 Å². The molecule has 0 aromatic heterocycles. The Hall–Kier alpha value is -2.09. The Kier molecular flexibility index (Phi) is 7.52. The van der Waals surface area contributed by atoms with Gasteiger partial charge in [-0.2, -0.15) is 11.8 Å². The lowest BCUT2D eigenvalue weighted by Gasteiger charge is -2.25. The lowest BCUT2D eigenvalue weighted by atomic mass is 9.81. The van der Waals surface area contributed by atoms with Crippen molar-refractivity contribution in [2.75, 3.05) is 25.2 Å². The third kappa shape index (κ3) is 5.10. The minimum absolute atomic E-state index is 0.191. The van der Waals surface area contributed by atoms with Gasteiger partial charge in [-0.05, 0) is 55.5 Å². The molecule has 0 radical (unpaired) electrons. The second-order valence-corrected chi connectivity index (χ2v) is 8.42. The number of benzene rings is 1. The summed E-state index contributed by atoms with van der Waals surface area (Å²) in [5.41, 5.74) is 0. The van der Waals surface area contributed by atoms with Crippen LogP contribution in [0.4, 0.5) is 4.39 Å². The van der Waals surface area contributed by atoms with Gasteiger partial charge in [0.25, 0.3) is 0 Å². The van der Waals surface area contributed by atoms with Gasteiger partial charge in [0.2, 0.25) is 17.7 Å². The van der Waals surface area contributed by atoms with E-state index in [4.69, 9.17) is 4.74 Å². The number of ether oxygens (including phenoxy) is 1. The van der Waals surface area contributed by atoms with Crippen molar-refractivity contribution in [1.82, 2.24) is 10.2 Å². The van der Waals surface area contributed by atoms with Crippen molar-refractivity contribution in [1.29, 1.82) is 0 Å². The number of hydrogen-bond donors (Lipinski definition) is 1. The van der Waals surface area contributed by atoms with Crippen LogP contribution < -0.4 is 10.1 Å². The SMILES string of the molecule is CSCCC(C(=O)NCCOc1ccc(F)cc1)N1C(=O)C2CCCCC2C1=O. The molecular formula is C21H27FN2O4S. The quantitative estimate of drug-likeness (QED) is 0.489. The molecule has 1 saturated heterocycles. The Morgan fingerprint density at radius 2 is 1.83 bits per heavy atom. The highest BCUT2D eigenvalue weighted by atomic mass is 32.2. The topological polar surface area (TPSA) is 75.7 Å². The molecule has 6 nitrogen and oxygen atoms in total. The summed E-state index contributed by atoms with van der Waals surface area (Å²) in [5, 5.41) is 2.78. The molecule has 1 heterocycles. The van der Waals surface area contributed by atoms with E-state index in [2.05, 4.69) is 5.32 Å². The highest BCUT2D eigenvalue weighted by Gasteiger charge is 2.51. The van der Waals surface area contributed by atoms with Crippen LogP contribution in [0.5, 0.6) is 5.75 Å².